The Bertz CT molecular complexity index is 2130. The maximum absolute atomic E-state index is 15.0. The van der Waals surface area contributed by atoms with E-state index in [1.165, 1.54) is 18.5 Å². The molecule has 0 aliphatic rings. The van der Waals surface area contributed by atoms with Gasteiger partial charge in [0.25, 0.3) is 15.7 Å². The highest BCUT2D eigenvalue weighted by Crippen LogP contribution is 2.37. The molecule has 49 heavy (non-hydrogen) atoms. The van der Waals surface area contributed by atoms with Crippen molar-refractivity contribution in [2.75, 3.05) is 19.0 Å². The van der Waals surface area contributed by atoms with Crippen LogP contribution in [-0.4, -0.2) is 47.8 Å². The van der Waals surface area contributed by atoms with E-state index in [1.54, 1.807) is 23.8 Å². The van der Waals surface area contributed by atoms with Crippen LogP contribution in [-0.2, 0) is 32.8 Å². The summed E-state index contributed by atoms with van der Waals surface area (Å²) in [4.78, 5) is 25.1. The molecule has 0 radical (unpaired) electrons. The highest BCUT2D eigenvalue weighted by atomic mass is 32.2. The van der Waals surface area contributed by atoms with Gasteiger partial charge in [-0.05, 0) is 54.3 Å². The van der Waals surface area contributed by atoms with E-state index in [4.69, 9.17) is 13.9 Å². The van der Waals surface area contributed by atoms with Crippen molar-refractivity contribution < 1.29 is 21.7 Å². The number of nitrogens with one attached hydrogen (secondary N) is 2. The molecule has 0 spiro atoms. The van der Waals surface area contributed by atoms with Crippen molar-refractivity contribution in [2.45, 2.75) is 42.9 Å². The molecule has 0 aliphatic heterocycles. The van der Waals surface area contributed by atoms with Crippen LogP contribution in [0.3, 0.4) is 0 Å². The average molecular weight is 682 g/mol. The number of ether oxygens (including phenoxy) is 1. The van der Waals surface area contributed by atoms with Crippen LogP contribution >= 0.6 is 0 Å². The number of fused-ring (bicyclic) bond motifs is 1. The highest BCUT2D eigenvalue weighted by Gasteiger charge is 2.36. The van der Waals surface area contributed by atoms with Crippen molar-refractivity contribution in [2.24, 2.45) is 0 Å². The van der Waals surface area contributed by atoms with Gasteiger partial charge in [0.15, 0.2) is 11.2 Å². The summed E-state index contributed by atoms with van der Waals surface area (Å²) >= 11 is 0. The first kappa shape index (κ1) is 33.6. The smallest absolute Gasteiger partial charge is 0.297 e. The zero-order chi connectivity index (χ0) is 34.4. The summed E-state index contributed by atoms with van der Waals surface area (Å²) in [7, 11) is -2.49. The Morgan fingerprint density at radius 3 is 2.16 bits per heavy atom. The fourth-order valence-corrected chi connectivity index (χ4v) is 6.66. The lowest BCUT2D eigenvalue weighted by Gasteiger charge is -2.36. The number of aromatic nitrogens is 4. The molecule has 6 aromatic rings. The van der Waals surface area contributed by atoms with Gasteiger partial charge in [0, 0.05) is 13.0 Å². The number of aryl methyl sites for hydroxylation is 2. The van der Waals surface area contributed by atoms with Gasteiger partial charge < -0.3 is 14.6 Å². The SMILES string of the molecule is COc1ccc(CC(Nc2nc3c(ncn3CCC(F)COS(=O)(=O)c3ccc(C)cc3)c(=O)[nH]2)(c2ccccc2)c2ccccc2)cc1. The molecule has 0 amide bonds. The molecule has 0 saturated heterocycles. The summed E-state index contributed by atoms with van der Waals surface area (Å²) in [6.07, 6.45) is 0.208. The Balaban J connectivity index is 1.29. The number of H-pyrrole nitrogens is 1. The lowest BCUT2D eigenvalue weighted by Crippen LogP contribution is -2.40. The Morgan fingerprint density at radius 1 is 0.918 bits per heavy atom. The second kappa shape index (κ2) is 14.4. The second-order valence-electron chi connectivity index (χ2n) is 11.7. The minimum Gasteiger partial charge on any atom is -0.497 e. The molecule has 1 atom stereocenters. The number of imidazole rings is 1. The summed E-state index contributed by atoms with van der Waals surface area (Å²) in [5, 5.41) is 3.57. The molecule has 0 fully saturated rings. The number of benzene rings is 4. The maximum Gasteiger partial charge on any atom is 0.297 e. The van der Waals surface area contributed by atoms with Crippen molar-refractivity contribution in [1.82, 2.24) is 19.5 Å². The largest absolute Gasteiger partial charge is 0.497 e. The summed E-state index contributed by atoms with van der Waals surface area (Å²) in [5.41, 5.74) is 2.79. The van der Waals surface area contributed by atoms with Gasteiger partial charge in [0.1, 0.15) is 11.9 Å². The number of methoxy groups -OCH3 is 1. The Labute approximate surface area is 283 Å². The van der Waals surface area contributed by atoms with Crippen molar-refractivity contribution in [3.8, 4) is 5.75 Å². The molecular weight excluding hydrogens is 646 g/mol. The number of nitrogens with zero attached hydrogens (tertiary/aromatic N) is 3. The summed E-state index contributed by atoms with van der Waals surface area (Å²) in [6, 6.07) is 33.7. The maximum atomic E-state index is 15.0. The van der Waals surface area contributed by atoms with Crippen LogP contribution in [0.1, 0.15) is 28.7 Å². The Hall–Kier alpha value is -5.33. The van der Waals surface area contributed by atoms with Gasteiger partial charge in [-0.3, -0.25) is 14.0 Å². The summed E-state index contributed by atoms with van der Waals surface area (Å²) in [5.74, 6) is 0.936. The third-order valence-electron chi connectivity index (χ3n) is 8.37. The van der Waals surface area contributed by atoms with Crippen LogP contribution in [0.4, 0.5) is 10.3 Å². The minimum atomic E-state index is -4.11. The number of hydrogen-bond acceptors (Lipinski definition) is 8. The number of anilines is 1. The van der Waals surface area contributed by atoms with Crippen LogP contribution in [0.2, 0.25) is 0 Å². The summed E-state index contributed by atoms with van der Waals surface area (Å²) in [6.45, 7) is 1.27. The lowest BCUT2D eigenvalue weighted by molar-refractivity contribution is 0.187. The number of halogens is 1. The van der Waals surface area contributed by atoms with E-state index < -0.39 is 34.0 Å². The standard InChI is InChI=1S/C37H36FN5O5S/c1-26-13-19-32(20-14-26)49(45,46)48-24-30(38)21-22-43-25-39-33-34(43)40-36(41-35(33)44)42-37(28-9-5-3-6-10-28,29-11-7-4-8-12-29)23-27-15-17-31(47-2)18-16-27/h3-20,25,30H,21-24H2,1-2H3,(H2,40,41,42,44). The van der Waals surface area contributed by atoms with Crippen molar-refractivity contribution >= 4 is 27.2 Å². The van der Waals surface area contributed by atoms with Gasteiger partial charge in [-0.1, -0.05) is 90.5 Å². The van der Waals surface area contributed by atoms with Gasteiger partial charge >= 0.3 is 0 Å². The van der Waals surface area contributed by atoms with E-state index >= 15 is 0 Å². The van der Waals surface area contributed by atoms with Crippen LogP contribution < -0.4 is 15.6 Å². The first-order valence-corrected chi connectivity index (χ1v) is 17.2. The monoisotopic (exact) mass is 681 g/mol. The molecule has 2 N–H and O–H groups in total. The Kier molecular flexibility index (Phi) is 9.88. The predicted molar refractivity (Wildman–Crippen MR) is 186 cm³/mol. The van der Waals surface area contributed by atoms with Crippen LogP contribution in [0.15, 0.2) is 125 Å². The zero-order valence-electron chi connectivity index (χ0n) is 27.0. The number of alkyl halides is 1. The number of hydrogen-bond donors (Lipinski definition) is 2. The fourth-order valence-electron chi connectivity index (χ4n) is 5.73. The quantitative estimate of drug-likeness (QED) is 0.131. The van der Waals surface area contributed by atoms with E-state index in [1.807, 2.05) is 91.9 Å². The van der Waals surface area contributed by atoms with E-state index in [0.717, 1.165) is 28.0 Å². The molecule has 0 saturated carbocycles. The van der Waals surface area contributed by atoms with Crippen molar-refractivity contribution in [3.63, 3.8) is 0 Å². The van der Waals surface area contributed by atoms with Gasteiger partial charge in [0.2, 0.25) is 5.95 Å². The first-order chi connectivity index (χ1) is 23.7. The molecule has 0 bridgehead atoms. The number of rotatable bonds is 14. The van der Waals surface area contributed by atoms with Gasteiger partial charge in [-0.2, -0.15) is 13.4 Å². The first-order valence-electron chi connectivity index (χ1n) is 15.7. The summed E-state index contributed by atoms with van der Waals surface area (Å²) < 4.78 is 52.0. The van der Waals surface area contributed by atoms with Crippen LogP contribution in [0.5, 0.6) is 5.75 Å². The third-order valence-corrected chi connectivity index (χ3v) is 9.66. The average Bonchev–Trinajstić information content (AvgIpc) is 3.54. The second-order valence-corrected chi connectivity index (χ2v) is 13.4. The van der Waals surface area contributed by atoms with E-state index in [2.05, 4.69) is 15.3 Å². The molecule has 4 aromatic carbocycles. The zero-order valence-corrected chi connectivity index (χ0v) is 27.9. The highest BCUT2D eigenvalue weighted by molar-refractivity contribution is 7.86. The molecule has 2 aromatic heterocycles. The molecule has 12 heteroatoms. The van der Waals surface area contributed by atoms with Crippen LogP contribution in [0.25, 0.3) is 11.2 Å². The van der Waals surface area contributed by atoms with E-state index in [-0.39, 0.29) is 35.0 Å². The van der Waals surface area contributed by atoms with E-state index in [9.17, 15) is 17.6 Å². The van der Waals surface area contributed by atoms with Gasteiger partial charge in [-0.15, -0.1) is 0 Å². The Morgan fingerprint density at radius 2 is 1.55 bits per heavy atom. The van der Waals surface area contributed by atoms with E-state index in [0.29, 0.717) is 6.42 Å². The molecule has 252 valence electrons. The molecule has 2 heterocycles. The fraction of sp³-hybridized carbons (Fsp3) is 0.216. The third kappa shape index (κ3) is 7.55. The lowest BCUT2D eigenvalue weighted by atomic mass is 9.78. The molecule has 10 nitrogen and oxygen atoms in total. The van der Waals surface area contributed by atoms with Crippen LogP contribution in [0, 0.1) is 6.92 Å². The molecule has 1 unspecified atom stereocenters. The minimum absolute atomic E-state index is 0.0385. The van der Waals surface area contributed by atoms with Gasteiger partial charge in [0.05, 0.1) is 30.5 Å². The molecule has 0 aliphatic carbocycles. The van der Waals surface area contributed by atoms with Crippen molar-refractivity contribution in [1.29, 1.82) is 0 Å². The molecule has 6 rings (SSSR count). The normalized spacial score (nSPS) is 12.6. The topological polar surface area (TPSA) is 128 Å². The number of aromatic amines is 1. The molecular formula is C37H36FN5O5S. The van der Waals surface area contributed by atoms with Gasteiger partial charge in [-0.25, -0.2) is 9.37 Å². The van der Waals surface area contributed by atoms with Crippen molar-refractivity contribution in [3.05, 3.63) is 148 Å². The predicted octanol–water partition coefficient (Wildman–Crippen LogP) is 6.17.